The zero-order valence-electron chi connectivity index (χ0n) is 19.5. The molecule has 0 unspecified atom stereocenters. The molecule has 184 valence electrons. The number of nitrogens with zero attached hydrogens (tertiary/aromatic N) is 2. The Hall–Kier alpha value is -3.92. The van der Waals surface area contributed by atoms with Crippen LogP contribution in [0.4, 0.5) is 10.2 Å². The molecule has 1 aromatic heterocycles. The van der Waals surface area contributed by atoms with E-state index in [2.05, 4.69) is 15.7 Å². The molecule has 1 fully saturated rings. The number of aromatic nitrogens is 2. The number of hydrogen-bond donors (Lipinski definition) is 4. The fourth-order valence-corrected chi connectivity index (χ4v) is 4.32. The molecule has 2 aromatic carbocycles. The summed E-state index contributed by atoms with van der Waals surface area (Å²) in [5.74, 6) is -0.939. The molecular weight excluding hydrogens is 451 g/mol. The second-order valence-electron chi connectivity index (χ2n) is 8.45. The lowest BCUT2D eigenvalue weighted by Crippen LogP contribution is -2.30. The summed E-state index contributed by atoms with van der Waals surface area (Å²) >= 11 is 0. The molecule has 6 N–H and O–H groups in total. The lowest BCUT2D eigenvalue weighted by Gasteiger charge is -2.23. The van der Waals surface area contributed by atoms with Gasteiger partial charge in [0.15, 0.2) is 0 Å². The molecule has 0 saturated carbocycles. The maximum absolute atomic E-state index is 13.5. The number of nitrogen functional groups attached to an aromatic ring is 1. The minimum atomic E-state index is -0.614. The summed E-state index contributed by atoms with van der Waals surface area (Å²) in [7, 11) is 1.43. The van der Waals surface area contributed by atoms with Gasteiger partial charge in [-0.1, -0.05) is 24.3 Å². The number of methoxy groups -OCH3 is 1. The summed E-state index contributed by atoms with van der Waals surface area (Å²) < 4.78 is 20.4. The van der Waals surface area contributed by atoms with Crippen LogP contribution < -0.4 is 26.8 Å². The highest BCUT2D eigenvalue weighted by molar-refractivity contribution is 6.03. The average Bonchev–Trinajstić information content (AvgIpc) is 3.22. The van der Waals surface area contributed by atoms with Crippen molar-refractivity contribution in [1.82, 2.24) is 20.4 Å². The van der Waals surface area contributed by atoms with Gasteiger partial charge in [-0.25, -0.2) is 9.07 Å². The second-order valence-corrected chi connectivity index (χ2v) is 8.45. The minimum Gasteiger partial charge on any atom is -0.496 e. The van der Waals surface area contributed by atoms with E-state index in [1.165, 1.54) is 19.2 Å². The molecule has 9 nitrogen and oxygen atoms in total. The Morgan fingerprint density at radius 2 is 1.91 bits per heavy atom. The van der Waals surface area contributed by atoms with Crippen LogP contribution in [0.1, 0.15) is 45.2 Å². The van der Waals surface area contributed by atoms with Crippen molar-refractivity contribution < 1.29 is 18.7 Å². The third-order valence-electron chi connectivity index (χ3n) is 6.18. The van der Waals surface area contributed by atoms with E-state index >= 15 is 0 Å². The first-order valence-corrected chi connectivity index (χ1v) is 11.5. The number of rotatable bonds is 8. The molecule has 1 saturated heterocycles. The smallest absolute Gasteiger partial charge is 0.255 e. The van der Waals surface area contributed by atoms with Crippen LogP contribution in [0.2, 0.25) is 0 Å². The highest BCUT2D eigenvalue weighted by Crippen LogP contribution is 2.31. The summed E-state index contributed by atoms with van der Waals surface area (Å²) in [6.45, 7) is 2.08. The van der Waals surface area contributed by atoms with Gasteiger partial charge in [0.1, 0.15) is 28.6 Å². The van der Waals surface area contributed by atoms with Crippen molar-refractivity contribution in [2.24, 2.45) is 5.73 Å². The molecule has 1 aliphatic heterocycles. The van der Waals surface area contributed by atoms with E-state index < -0.39 is 17.6 Å². The average molecular weight is 481 g/mol. The van der Waals surface area contributed by atoms with Crippen molar-refractivity contribution >= 4 is 17.6 Å². The van der Waals surface area contributed by atoms with E-state index in [9.17, 15) is 14.0 Å². The molecule has 1 aliphatic rings. The normalized spacial score (nSPS) is 14.0. The largest absolute Gasteiger partial charge is 0.496 e. The van der Waals surface area contributed by atoms with Gasteiger partial charge in [-0.15, -0.1) is 0 Å². The first-order valence-electron chi connectivity index (χ1n) is 11.5. The number of primary amides is 1. The highest BCUT2D eigenvalue weighted by atomic mass is 19.1. The number of hydrogen-bond acceptors (Lipinski definition) is 6. The lowest BCUT2D eigenvalue weighted by molar-refractivity contribution is 0.0949. The fourth-order valence-electron chi connectivity index (χ4n) is 4.32. The number of nitrogens with one attached hydrogen (secondary N) is 2. The standard InChI is InChI=1S/C25H29FN6O3/c1-35-20-7-6-17(26)14-19(20)25(34)30-13-8-15-2-4-16(5-3-15)22-21(24(28)33)23(27)32(31-22)18-9-11-29-12-10-18/h2-7,14,18,29H,8-13,27H2,1H3,(H2,28,33)(H,30,34). The maximum atomic E-state index is 13.5. The van der Waals surface area contributed by atoms with Gasteiger partial charge in [-0.2, -0.15) is 5.10 Å². The summed E-state index contributed by atoms with van der Waals surface area (Å²) in [5.41, 5.74) is 14.5. The number of amides is 2. The number of benzene rings is 2. The van der Waals surface area contributed by atoms with Crippen LogP contribution in [0.3, 0.4) is 0 Å². The van der Waals surface area contributed by atoms with E-state index in [0.29, 0.717) is 30.2 Å². The Morgan fingerprint density at radius 3 is 2.57 bits per heavy atom. The number of nitrogens with two attached hydrogens (primary N) is 2. The predicted molar refractivity (Wildman–Crippen MR) is 131 cm³/mol. The van der Waals surface area contributed by atoms with Crippen LogP contribution in [0.15, 0.2) is 42.5 Å². The maximum Gasteiger partial charge on any atom is 0.255 e. The quantitative estimate of drug-likeness (QED) is 0.390. The zero-order chi connectivity index (χ0) is 24.9. The number of ether oxygens (including phenoxy) is 1. The summed E-state index contributed by atoms with van der Waals surface area (Å²) in [4.78, 5) is 24.6. The number of anilines is 1. The minimum absolute atomic E-state index is 0.114. The van der Waals surface area contributed by atoms with E-state index in [1.807, 2.05) is 24.3 Å². The van der Waals surface area contributed by atoms with Gasteiger partial charge in [-0.05, 0) is 56.1 Å². The highest BCUT2D eigenvalue weighted by Gasteiger charge is 2.26. The molecule has 0 radical (unpaired) electrons. The first-order chi connectivity index (χ1) is 16.9. The van der Waals surface area contributed by atoms with Crippen molar-refractivity contribution in [3.05, 3.63) is 65.0 Å². The fraction of sp³-hybridized carbons (Fsp3) is 0.320. The van der Waals surface area contributed by atoms with E-state index in [-0.39, 0.29) is 17.2 Å². The van der Waals surface area contributed by atoms with Crippen LogP contribution in [0, 0.1) is 5.82 Å². The summed E-state index contributed by atoms with van der Waals surface area (Å²) in [5, 5.41) is 10.7. The van der Waals surface area contributed by atoms with Gasteiger partial charge in [0, 0.05) is 12.1 Å². The van der Waals surface area contributed by atoms with Crippen molar-refractivity contribution in [1.29, 1.82) is 0 Å². The van der Waals surface area contributed by atoms with Crippen LogP contribution >= 0.6 is 0 Å². The Morgan fingerprint density at radius 1 is 1.20 bits per heavy atom. The monoisotopic (exact) mass is 480 g/mol. The first kappa shape index (κ1) is 24.2. The number of piperidine rings is 1. The number of carbonyl (C=O) groups is 2. The zero-order valence-corrected chi connectivity index (χ0v) is 19.5. The second kappa shape index (κ2) is 10.6. The lowest BCUT2D eigenvalue weighted by atomic mass is 10.0. The third kappa shape index (κ3) is 5.27. The molecule has 0 aliphatic carbocycles. The van der Waals surface area contributed by atoms with Crippen molar-refractivity contribution in [2.45, 2.75) is 25.3 Å². The Labute approximate surface area is 202 Å². The molecule has 2 heterocycles. The number of halogens is 1. The number of carbonyl (C=O) groups excluding carboxylic acids is 2. The molecule has 2 amide bonds. The van der Waals surface area contributed by atoms with Gasteiger partial charge >= 0.3 is 0 Å². The SMILES string of the molecule is COc1ccc(F)cc1C(=O)NCCc1ccc(-c2nn(C3CCNCC3)c(N)c2C(N)=O)cc1. The van der Waals surface area contributed by atoms with Crippen LogP contribution in [-0.4, -0.2) is 48.3 Å². The van der Waals surface area contributed by atoms with Crippen LogP contribution in [-0.2, 0) is 6.42 Å². The summed E-state index contributed by atoms with van der Waals surface area (Å²) in [6.07, 6.45) is 2.29. The molecule has 10 heteroatoms. The van der Waals surface area contributed by atoms with E-state index in [1.54, 1.807) is 4.68 Å². The van der Waals surface area contributed by atoms with Gasteiger partial charge in [0.05, 0.1) is 18.7 Å². The van der Waals surface area contributed by atoms with E-state index in [0.717, 1.165) is 43.1 Å². The van der Waals surface area contributed by atoms with Crippen LogP contribution in [0.5, 0.6) is 5.75 Å². The molecule has 0 spiro atoms. The van der Waals surface area contributed by atoms with Crippen molar-refractivity contribution in [2.75, 3.05) is 32.5 Å². The van der Waals surface area contributed by atoms with E-state index in [4.69, 9.17) is 16.2 Å². The molecule has 0 bridgehead atoms. The van der Waals surface area contributed by atoms with Gasteiger partial charge in [-0.3, -0.25) is 9.59 Å². The Balaban J connectivity index is 1.45. The molecular formula is C25H29FN6O3. The summed E-state index contributed by atoms with van der Waals surface area (Å²) in [6, 6.07) is 11.4. The molecule has 0 atom stereocenters. The molecule has 4 rings (SSSR count). The van der Waals surface area contributed by atoms with Gasteiger partial charge in [0.25, 0.3) is 11.8 Å². The van der Waals surface area contributed by atoms with Gasteiger partial charge < -0.3 is 26.8 Å². The van der Waals surface area contributed by atoms with Crippen molar-refractivity contribution in [3.8, 4) is 17.0 Å². The Bertz CT molecular complexity index is 1220. The topological polar surface area (TPSA) is 137 Å². The third-order valence-corrected chi connectivity index (χ3v) is 6.18. The van der Waals surface area contributed by atoms with Gasteiger partial charge in [0.2, 0.25) is 0 Å². The Kier molecular flexibility index (Phi) is 7.31. The van der Waals surface area contributed by atoms with Crippen LogP contribution in [0.25, 0.3) is 11.3 Å². The molecule has 35 heavy (non-hydrogen) atoms. The van der Waals surface area contributed by atoms with Crippen molar-refractivity contribution in [3.63, 3.8) is 0 Å². The molecule has 3 aromatic rings. The predicted octanol–water partition coefficient (Wildman–Crippen LogP) is 2.28.